The second-order valence-corrected chi connectivity index (χ2v) is 9.46. The zero-order chi connectivity index (χ0) is 25.8. The van der Waals surface area contributed by atoms with Crippen molar-refractivity contribution >= 4 is 11.9 Å². The number of rotatable bonds is 14. The predicted molar refractivity (Wildman–Crippen MR) is 140 cm³/mol. The van der Waals surface area contributed by atoms with Crippen molar-refractivity contribution in [3.05, 3.63) is 47.5 Å². The fraction of sp³-hybridized carbons (Fsp3) is 0.533. The van der Waals surface area contributed by atoms with Crippen LogP contribution < -0.4 is 18.9 Å². The standard InChI is InChI=1S/C30H40O6/c1-4-5-6-7-8-9-10-11-12-13-30(32)36-29-21-25(34-22(2)31)17-18-26(29)27-19-15-23-14-16-24(33-3)20-28(23)35-27/h14,16-18,20-21,27H,4-13,15,19H2,1-3H3. The number of unbranched alkanes of at least 4 members (excludes halogenated alkanes) is 8. The maximum absolute atomic E-state index is 12.7. The average molecular weight is 497 g/mol. The fourth-order valence-electron chi connectivity index (χ4n) is 4.55. The van der Waals surface area contributed by atoms with Crippen LogP contribution in [0.5, 0.6) is 23.0 Å². The predicted octanol–water partition coefficient (Wildman–Crippen LogP) is 7.51. The van der Waals surface area contributed by atoms with Gasteiger partial charge < -0.3 is 18.9 Å². The minimum Gasteiger partial charge on any atom is -0.497 e. The number of hydrogen-bond donors (Lipinski definition) is 0. The van der Waals surface area contributed by atoms with Gasteiger partial charge in [-0.15, -0.1) is 0 Å². The fourth-order valence-corrected chi connectivity index (χ4v) is 4.55. The molecule has 6 heteroatoms. The van der Waals surface area contributed by atoms with Gasteiger partial charge in [0.25, 0.3) is 0 Å². The molecule has 1 heterocycles. The maximum atomic E-state index is 12.7. The number of ether oxygens (including phenoxy) is 4. The van der Waals surface area contributed by atoms with E-state index < -0.39 is 5.97 Å². The molecular formula is C30H40O6. The van der Waals surface area contributed by atoms with Crippen molar-refractivity contribution < 1.29 is 28.5 Å². The molecule has 0 aliphatic carbocycles. The molecule has 0 fully saturated rings. The van der Waals surface area contributed by atoms with Gasteiger partial charge in [-0.1, -0.05) is 64.4 Å². The van der Waals surface area contributed by atoms with Crippen molar-refractivity contribution in [2.24, 2.45) is 0 Å². The zero-order valence-electron chi connectivity index (χ0n) is 22.0. The van der Waals surface area contributed by atoms with Gasteiger partial charge in [0, 0.05) is 31.0 Å². The molecule has 6 nitrogen and oxygen atoms in total. The molecule has 1 aliphatic heterocycles. The summed E-state index contributed by atoms with van der Waals surface area (Å²) in [5, 5.41) is 0. The maximum Gasteiger partial charge on any atom is 0.311 e. The zero-order valence-corrected chi connectivity index (χ0v) is 22.0. The molecule has 2 aromatic carbocycles. The molecule has 1 unspecified atom stereocenters. The number of benzene rings is 2. The molecule has 3 rings (SSSR count). The molecule has 0 amide bonds. The highest BCUT2D eigenvalue weighted by Gasteiger charge is 2.26. The Hall–Kier alpha value is -3.02. The third-order valence-electron chi connectivity index (χ3n) is 6.52. The van der Waals surface area contributed by atoms with E-state index in [9.17, 15) is 9.59 Å². The SMILES string of the molecule is CCCCCCCCCCCC(=O)Oc1cc(OC(C)=O)ccc1C1CCc2ccc(OC)cc2O1. The number of carbonyl (C=O) groups is 2. The van der Waals surface area contributed by atoms with Crippen LogP contribution in [0.15, 0.2) is 36.4 Å². The van der Waals surface area contributed by atoms with Crippen LogP contribution in [0.3, 0.4) is 0 Å². The topological polar surface area (TPSA) is 71.1 Å². The first-order valence-corrected chi connectivity index (χ1v) is 13.4. The van der Waals surface area contributed by atoms with Crippen molar-refractivity contribution in [1.82, 2.24) is 0 Å². The van der Waals surface area contributed by atoms with Crippen molar-refractivity contribution in [2.45, 2.75) is 97.0 Å². The normalized spacial score (nSPS) is 14.5. The lowest BCUT2D eigenvalue weighted by molar-refractivity contribution is -0.134. The van der Waals surface area contributed by atoms with Gasteiger partial charge in [0.15, 0.2) is 0 Å². The summed E-state index contributed by atoms with van der Waals surface area (Å²) in [4.78, 5) is 24.1. The van der Waals surface area contributed by atoms with Gasteiger partial charge in [-0.25, -0.2) is 0 Å². The Morgan fingerprint density at radius 1 is 0.889 bits per heavy atom. The summed E-state index contributed by atoms with van der Waals surface area (Å²) in [6.07, 6.45) is 12.3. The number of hydrogen-bond acceptors (Lipinski definition) is 6. The van der Waals surface area contributed by atoms with Crippen LogP contribution in [0.1, 0.15) is 102 Å². The smallest absolute Gasteiger partial charge is 0.311 e. The minimum atomic E-state index is -0.426. The number of fused-ring (bicyclic) bond motifs is 1. The summed E-state index contributed by atoms with van der Waals surface area (Å²) >= 11 is 0. The summed E-state index contributed by atoms with van der Waals surface area (Å²) in [5.74, 6) is 1.51. The first-order chi connectivity index (χ1) is 17.5. The number of carbonyl (C=O) groups excluding carboxylic acids is 2. The molecule has 0 radical (unpaired) electrons. The van der Waals surface area contributed by atoms with Gasteiger partial charge >= 0.3 is 11.9 Å². The van der Waals surface area contributed by atoms with Crippen LogP contribution in [0.4, 0.5) is 0 Å². The van der Waals surface area contributed by atoms with Crippen molar-refractivity contribution in [2.75, 3.05) is 7.11 Å². The van der Waals surface area contributed by atoms with E-state index in [-0.39, 0.29) is 12.1 Å². The van der Waals surface area contributed by atoms with E-state index in [0.717, 1.165) is 54.7 Å². The monoisotopic (exact) mass is 496 g/mol. The highest BCUT2D eigenvalue weighted by Crippen LogP contribution is 2.41. The van der Waals surface area contributed by atoms with Gasteiger partial charge in [-0.3, -0.25) is 9.59 Å². The Labute approximate surface area is 215 Å². The number of aryl methyl sites for hydroxylation is 1. The van der Waals surface area contributed by atoms with Crippen molar-refractivity contribution in [3.8, 4) is 23.0 Å². The van der Waals surface area contributed by atoms with Crippen LogP contribution in [-0.4, -0.2) is 19.0 Å². The summed E-state index contributed by atoms with van der Waals surface area (Å²) in [6.45, 7) is 3.57. The minimum absolute atomic E-state index is 0.281. The molecule has 1 atom stereocenters. The van der Waals surface area contributed by atoms with E-state index >= 15 is 0 Å². The van der Waals surface area contributed by atoms with E-state index in [1.54, 1.807) is 19.2 Å². The van der Waals surface area contributed by atoms with Gasteiger partial charge in [0.1, 0.15) is 29.1 Å². The van der Waals surface area contributed by atoms with E-state index in [2.05, 4.69) is 6.92 Å². The molecule has 36 heavy (non-hydrogen) atoms. The first-order valence-electron chi connectivity index (χ1n) is 13.4. The lowest BCUT2D eigenvalue weighted by Gasteiger charge is -2.28. The van der Waals surface area contributed by atoms with Gasteiger partial charge in [-0.2, -0.15) is 0 Å². The molecule has 196 valence electrons. The van der Waals surface area contributed by atoms with E-state index in [4.69, 9.17) is 18.9 Å². The van der Waals surface area contributed by atoms with E-state index in [1.165, 1.54) is 45.4 Å². The molecule has 0 aromatic heterocycles. The van der Waals surface area contributed by atoms with Crippen LogP contribution in [-0.2, 0) is 16.0 Å². The van der Waals surface area contributed by atoms with Crippen LogP contribution in [0, 0.1) is 0 Å². The molecule has 0 spiro atoms. The quantitative estimate of drug-likeness (QED) is 0.153. The van der Waals surface area contributed by atoms with Gasteiger partial charge in [0.2, 0.25) is 0 Å². The van der Waals surface area contributed by atoms with Crippen LogP contribution in [0.25, 0.3) is 0 Å². The molecule has 0 saturated carbocycles. The summed E-state index contributed by atoms with van der Waals surface area (Å²) in [7, 11) is 1.63. The molecule has 1 aliphatic rings. The van der Waals surface area contributed by atoms with Gasteiger partial charge in [0.05, 0.1) is 7.11 Å². The van der Waals surface area contributed by atoms with E-state index in [1.807, 2.05) is 24.3 Å². The summed E-state index contributed by atoms with van der Waals surface area (Å²) < 4.78 is 22.7. The molecule has 0 saturated heterocycles. The van der Waals surface area contributed by atoms with Crippen LogP contribution in [0.2, 0.25) is 0 Å². The summed E-state index contributed by atoms with van der Waals surface area (Å²) in [5.41, 5.74) is 1.88. The Morgan fingerprint density at radius 3 is 2.28 bits per heavy atom. The van der Waals surface area contributed by atoms with Crippen LogP contribution >= 0.6 is 0 Å². The lowest BCUT2D eigenvalue weighted by atomic mass is 9.96. The Balaban J connectivity index is 1.60. The second kappa shape index (κ2) is 14.5. The number of methoxy groups -OCH3 is 1. The Morgan fingerprint density at radius 2 is 1.58 bits per heavy atom. The number of esters is 2. The molecule has 2 aromatic rings. The third-order valence-corrected chi connectivity index (χ3v) is 6.52. The first kappa shape index (κ1) is 27.6. The largest absolute Gasteiger partial charge is 0.497 e. The second-order valence-electron chi connectivity index (χ2n) is 9.46. The van der Waals surface area contributed by atoms with Crippen molar-refractivity contribution in [3.63, 3.8) is 0 Å². The summed E-state index contributed by atoms with van der Waals surface area (Å²) in [6, 6.07) is 10.9. The lowest BCUT2D eigenvalue weighted by Crippen LogP contribution is -2.18. The molecule has 0 bridgehead atoms. The average Bonchev–Trinajstić information content (AvgIpc) is 2.87. The third kappa shape index (κ3) is 8.58. The highest BCUT2D eigenvalue weighted by molar-refractivity contribution is 5.74. The van der Waals surface area contributed by atoms with E-state index in [0.29, 0.717) is 17.9 Å². The van der Waals surface area contributed by atoms with Gasteiger partial charge in [-0.05, 0) is 43.0 Å². The molecular weight excluding hydrogens is 456 g/mol. The van der Waals surface area contributed by atoms with Crippen molar-refractivity contribution in [1.29, 1.82) is 0 Å². The Bertz CT molecular complexity index is 999. The molecule has 0 N–H and O–H groups in total. The highest BCUT2D eigenvalue weighted by atomic mass is 16.5. The Kier molecular flexibility index (Phi) is 11.1.